The monoisotopic (exact) mass is 1040 g/mol. The number of allylic oxidation sites excluding steroid dienone is 2. The van der Waals surface area contributed by atoms with Gasteiger partial charge in [0.15, 0.2) is 25.2 Å². The third kappa shape index (κ3) is 9.01. The van der Waals surface area contributed by atoms with Crippen molar-refractivity contribution < 1.29 is 104 Å². The summed E-state index contributed by atoms with van der Waals surface area (Å²) >= 11 is 0. The Hall–Kier alpha value is -1.55. The molecule has 0 spiro atoms. The highest BCUT2D eigenvalue weighted by atomic mass is 16.8. The van der Waals surface area contributed by atoms with E-state index in [9.17, 15) is 66.1 Å². The van der Waals surface area contributed by atoms with Gasteiger partial charge in [0.25, 0.3) is 0 Å². The van der Waals surface area contributed by atoms with Gasteiger partial charge in [-0.25, -0.2) is 0 Å². The van der Waals surface area contributed by atoms with E-state index in [-0.39, 0.29) is 39.4 Å². The molecule has 12 N–H and O–H groups in total. The predicted molar refractivity (Wildman–Crippen MR) is 251 cm³/mol. The van der Waals surface area contributed by atoms with Crippen molar-refractivity contribution in [1.29, 1.82) is 0 Å². The standard InChI is InChI=1S/C52H84O21/c1-46(2)14-16-51(45(63)64)17-15-49(6)24(25(51)18-46)8-9-30-48(5)12-11-31(47(3,4)29(48)10-13-50(30,49)7)70-43-39(73-42-35(60)34(59)32(57)27(19-53)68-42)38(33(58)28(20-54)69-43)72-41-36(61)37(26(56)21-66-41)71-44-40(62)52(65,22-55)23-67-44/h8,25-44,53-62,65H,9-23H2,1-7H3,(H,63,64)/t25-,26+,27-,28-,29-,30-,31-,32-,33-,34+,35-,36+,37+,38+,39+,40-,41+,42-,43+,44-,48-,49+,50-,51-,52+/m1/s1. The SMILES string of the molecule is CC1(C)CC[C@@]2(C(=O)O)CC[C@@]3(C)C(=CC[C@@H]4[C@]5(C)CC[C@@H](O[C@@H]6O[C@H](CO)[C@@H](O)[C@H](O[C@@H]7OC[C@H](O)[C@H](O[C@H]8OC[C@@](O)(CO)[C@@H]8O)[C@@H]7O)[C@@H]6O[C@H]6O[C@H](CO)[C@@H](O)[C@H](O)[C@H]6O)C(C)(C)[C@H]5CC[C@]43C)[C@H]2C1. The number of fused-ring (bicyclic) bond motifs is 7. The molecule has 21 heteroatoms. The van der Waals surface area contributed by atoms with E-state index >= 15 is 0 Å². The highest BCUT2D eigenvalue weighted by Gasteiger charge is 2.70. The molecule has 0 aromatic heterocycles. The molecule has 25 atom stereocenters. The van der Waals surface area contributed by atoms with Crippen LogP contribution in [0.1, 0.15) is 113 Å². The lowest BCUT2D eigenvalue weighted by molar-refractivity contribution is -0.398. The average molecular weight is 1050 g/mol. The van der Waals surface area contributed by atoms with Gasteiger partial charge in [-0.2, -0.15) is 0 Å². The van der Waals surface area contributed by atoms with Crippen molar-refractivity contribution in [2.45, 2.75) is 223 Å². The Labute approximate surface area is 426 Å². The normalized spacial score (nSPS) is 53.5. The van der Waals surface area contributed by atoms with Crippen molar-refractivity contribution >= 4 is 5.97 Å². The summed E-state index contributed by atoms with van der Waals surface area (Å²) in [4.78, 5) is 13.2. The summed E-state index contributed by atoms with van der Waals surface area (Å²) in [6, 6.07) is 0. The highest BCUT2D eigenvalue weighted by Crippen LogP contribution is 2.76. The minimum Gasteiger partial charge on any atom is -0.481 e. The lowest BCUT2D eigenvalue weighted by Crippen LogP contribution is -2.68. The van der Waals surface area contributed by atoms with Crippen molar-refractivity contribution in [3.05, 3.63) is 11.6 Å². The van der Waals surface area contributed by atoms with Crippen molar-refractivity contribution in [2.75, 3.05) is 33.0 Å². The molecule has 0 radical (unpaired) electrons. The zero-order valence-electron chi connectivity index (χ0n) is 43.3. The Kier molecular flexibility index (Phi) is 15.4. The first-order chi connectivity index (χ1) is 34.2. The zero-order chi connectivity index (χ0) is 53.2. The first kappa shape index (κ1) is 56.2. The Morgan fingerprint density at radius 3 is 1.96 bits per heavy atom. The van der Waals surface area contributed by atoms with E-state index in [2.05, 4.69) is 54.5 Å². The first-order valence-corrected chi connectivity index (χ1v) is 26.6. The van der Waals surface area contributed by atoms with Crippen LogP contribution in [-0.2, 0) is 42.7 Å². The second-order valence-corrected chi connectivity index (χ2v) is 25.5. The fourth-order valence-electron chi connectivity index (χ4n) is 16.1. The number of rotatable bonds is 12. The van der Waals surface area contributed by atoms with E-state index in [0.717, 1.165) is 44.9 Å². The van der Waals surface area contributed by atoms with Gasteiger partial charge in [0, 0.05) is 0 Å². The van der Waals surface area contributed by atoms with Gasteiger partial charge in [0.05, 0.1) is 44.6 Å². The van der Waals surface area contributed by atoms with Crippen molar-refractivity contribution in [2.24, 2.45) is 50.2 Å². The summed E-state index contributed by atoms with van der Waals surface area (Å²) in [5.41, 5.74) is -2.53. The molecule has 4 saturated heterocycles. The number of aliphatic hydroxyl groups excluding tert-OH is 10. The predicted octanol–water partition coefficient (Wildman–Crippen LogP) is -0.190. The van der Waals surface area contributed by atoms with E-state index in [1.165, 1.54) is 5.57 Å². The molecule has 5 aliphatic carbocycles. The topological polar surface area (TPSA) is 334 Å². The second kappa shape index (κ2) is 20.0. The van der Waals surface area contributed by atoms with Crippen LogP contribution in [0.4, 0.5) is 0 Å². The van der Waals surface area contributed by atoms with Gasteiger partial charge >= 0.3 is 5.97 Å². The van der Waals surface area contributed by atoms with E-state index in [1.807, 2.05) is 0 Å². The van der Waals surface area contributed by atoms with Crippen LogP contribution >= 0.6 is 0 Å². The summed E-state index contributed by atoms with van der Waals surface area (Å²) in [5, 5.41) is 130. The molecule has 4 saturated carbocycles. The maximum Gasteiger partial charge on any atom is 0.310 e. The maximum atomic E-state index is 13.2. The number of ether oxygens (including phenoxy) is 8. The van der Waals surface area contributed by atoms with Crippen LogP contribution in [0.25, 0.3) is 0 Å². The Bertz CT molecular complexity index is 2020. The highest BCUT2D eigenvalue weighted by molar-refractivity contribution is 5.76. The number of aliphatic carboxylic acids is 1. The van der Waals surface area contributed by atoms with Crippen LogP contribution in [-0.4, -0.2) is 210 Å². The molecular weight excluding hydrogens is 961 g/mol. The van der Waals surface area contributed by atoms with Crippen LogP contribution in [0.15, 0.2) is 11.6 Å². The number of hydrogen-bond acceptors (Lipinski definition) is 20. The fraction of sp³-hybridized carbons (Fsp3) is 0.942. The van der Waals surface area contributed by atoms with Gasteiger partial charge in [-0.15, -0.1) is 0 Å². The molecule has 418 valence electrons. The molecule has 73 heavy (non-hydrogen) atoms. The van der Waals surface area contributed by atoms with Crippen LogP contribution in [0, 0.1) is 50.2 Å². The molecule has 0 aromatic rings. The third-order valence-corrected chi connectivity index (χ3v) is 20.8. The number of aliphatic hydroxyl groups is 11. The van der Waals surface area contributed by atoms with Crippen molar-refractivity contribution in [1.82, 2.24) is 0 Å². The van der Waals surface area contributed by atoms with E-state index in [4.69, 9.17) is 37.9 Å². The van der Waals surface area contributed by atoms with Crippen molar-refractivity contribution in [3.8, 4) is 0 Å². The lowest BCUT2D eigenvalue weighted by atomic mass is 9.33. The molecule has 9 rings (SSSR count). The van der Waals surface area contributed by atoms with Gasteiger partial charge in [0.1, 0.15) is 78.8 Å². The zero-order valence-corrected chi connectivity index (χ0v) is 43.3. The molecular formula is C52H84O21. The van der Waals surface area contributed by atoms with Gasteiger partial charge < -0.3 is 99.2 Å². The minimum atomic E-state index is -2.09. The van der Waals surface area contributed by atoms with Gasteiger partial charge in [-0.1, -0.05) is 60.1 Å². The molecule has 0 bridgehead atoms. The lowest BCUT2D eigenvalue weighted by Gasteiger charge is -2.71. The molecule has 4 heterocycles. The van der Waals surface area contributed by atoms with E-state index in [1.54, 1.807) is 0 Å². The smallest absolute Gasteiger partial charge is 0.310 e. The van der Waals surface area contributed by atoms with Crippen LogP contribution in [0.2, 0.25) is 0 Å². The van der Waals surface area contributed by atoms with E-state index in [0.29, 0.717) is 19.3 Å². The Morgan fingerprint density at radius 2 is 1.30 bits per heavy atom. The largest absolute Gasteiger partial charge is 0.481 e. The molecule has 21 nitrogen and oxygen atoms in total. The van der Waals surface area contributed by atoms with E-state index < -0.39 is 160 Å². The van der Waals surface area contributed by atoms with Gasteiger partial charge in [0.2, 0.25) is 0 Å². The number of carboxylic acid groups (broad SMARTS) is 1. The molecule has 4 aliphatic heterocycles. The number of carboxylic acids is 1. The number of hydrogen-bond donors (Lipinski definition) is 12. The summed E-state index contributed by atoms with van der Waals surface area (Å²) in [7, 11) is 0. The van der Waals surface area contributed by atoms with Crippen LogP contribution < -0.4 is 0 Å². The first-order valence-electron chi connectivity index (χ1n) is 26.6. The molecule has 0 aromatic carbocycles. The Balaban J connectivity index is 0.997. The van der Waals surface area contributed by atoms with Crippen LogP contribution in [0.5, 0.6) is 0 Å². The maximum absolute atomic E-state index is 13.2. The summed E-state index contributed by atoms with van der Waals surface area (Å²) in [6.07, 6.45) is -17.2. The molecule has 9 aliphatic rings. The molecule has 0 unspecified atom stereocenters. The third-order valence-electron chi connectivity index (χ3n) is 20.8. The number of carbonyl (C=O) groups is 1. The van der Waals surface area contributed by atoms with Gasteiger partial charge in [-0.3, -0.25) is 4.79 Å². The van der Waals surface area contributed by atoms with Crippen molar-refractivity contribution in [3.63, 3.8) is 0 Å². The summed E-state index contributed by atoms with van der Waals surface area (Å²) < 4.78 is 48.7. The van der Waals surface area contributed by atoms with Crippen LogP contribution in [0.3, 0.4) is 0 Å². The van der Waals surface area contributed by atoms with Gasteiger partial charge in [-0.05, 0) is 109 Å². The molecule has 8 fully saturated rings. The Morgan fingerprint density at radius 1 is 0.658 bits per heavy atom. The fourth-order valence-corrected chi connectivity index (χ4v) is 16.1. The summed E-state index contributed by atoms with van der Waals surface area (Å²) in [6.45, 7) is 12.7. The second-order valence-electron chi connectivity index (χ2n) is 25.5. The molecule has 0 amide bonds. The average Bonchev–Trinajstić information content (AvgIpc) is 3.62. The quantitative estimate of drug-likeness (QED) is 0.0890. The minimum absolute atomic E-state index is 0.0239. The summed E-state index contributed by atoms with van der Waals surface area (Å²) in [5.74, 6) is -0.326.